The number of nitrogens with zero attached hydrogens (tertiary/aromatic N) is 3. The highest BCUT2D eigenvalue weighted by atomic mass is 19.1. The predicted octanol–water partition coefficient (Wildman–Crippen LogP) is 3.79. The van der Waals surface area contributed by atoms with E-state index in [9.17, 15) is 14.0 Å². The quantitative estimate of drug-likeness (QED) is 0.540. The second-order valence-electron chi connectivity index (χ2n) is 8.01. The number of carbonyl (C=O) groups is 2. The Balaban J connectivity index is 1.52. The summed E-state index contributed by atoms with van der Waals surface area (Å²) in [5.41, 5.74) is 0.865. The number of carbonyl (C=O) groups excluding carboxylic acids is 2. The van der Waals surface area contributed by atoms with Crippen LogP contribution in [0, 0.1) is 5.82 Å². The first-order chi connectivity index (χ1) is 15.1. The van der Waals surface area contributed by atoms with E-state index in [0.29, 0.717) is 31.8 Å². The van der Waals surface area contributed by atoms with Crippen LogP contribution in [0.2, 0.25) is 0 Å². The second-order valence-corrected chi connectivity index (χ2v) is 8.01. The van der Waals surface area contributed by atoms with Crippen molar-refractivity contribution >= 4 is 11.8 Å². The molecule has 1 fully saturated rings. The van der Waals surface area contributed by atoms with E-state index in [1.807, 2.05) is 4.90 Å². The first kappa shape index (κ1) is 23.0. The summed E-state index contributed by atoms with van der Waals surface area (Å²) in [6.07, 6.45) is 5.30. The molecule has 2 aromatic rings. The molecule has 2 heterocycles. The maximum Gasteiger partial charge on any atom is 0.289 e. The van der Waals surface area contributed by atoms with E-state index in [-0.39, 0.29) is 17.6 Å². The zero-order chi connectivity index (χ0) is 22.1. The molecule has 0 radical (unpaired) electrons. The molecular weight excluding hydrogens is 397 g/mol. The zero-order valence-electron chi connectivity index (χ0n) is 18.3. The van der Waals surface area contributed by atoms with Gasteiger partial charge in [0, 0.05) is 52.2 Å². The molecule has 7 heteroatoms. The molecule has 31 heavy (non-hydrogen) atoms. The Morgan fingerprint density at radius 1 is 1.06 bits per heavy atom. The second kappa shape index (κ2) is 11.6. The van der Waals surface area contributed by atoms with Crippen molar-refractivity contribution in [1.82, 2.24) is 14.7 Å². The first-order valence-corrected chi connectivity index (χ1v) is 11.1. The molecule has 0 spiro atoms. The van der Waals surface area contributed by atoms with Crippen LogP contribution in [0.15, 0.2) is 47.1 Å². The molecule has 2 amide bonds. The average molecular weight is 430 g/mol. The number of benzene rings is 1. The summed E-state index contributed by atoms with van der Waals surface area (Å²) in [6, 6.07) is 9.55. The third-order valence-corrected chi connectivity index (χ3v) is 5.71. The molecule has 1 aliphatic rings. The van der Waals surface area contributed by atoms with E-state index in [2.05, 4.69) is 11.8 Å². The van der Waals surface area contributed by atoms with Crippen LogP contribution in [0.5, 0.6) is 0 Å². The van der Waals surface area contributed by atoms with Gasteiger partial charge in [-0.3, -0.25) is 14.5 Å². The summed E-state index contributed by atoms with van der Waals surface area (Å²) in [5.74, 6) is 0.0671. The fourth-order valence-corrected chi connectivity index (χ4v) is 3.79. The molecule has 1 aliphatic heterocycles. The fraction of sp³-hybridized carbons (Fsp3) is 0.500. The van der Waals surface area contributed by atoms with Gasteiger partial charge in [-0.1, -0.05) is 31.9 Å². The number of halogens is 1. The number of amides is 2. The van der Waals surface area contributed by atoms with Gasteiger partial charge in [0.1, 0.15) is 5.82 Å². The maximum absolute atomic E-state index is 13.2. The molecule has 3 rings (SSSR count). The Morgan fingerprint density at radius 3 is 2.45 bits per heavy atom. The smallest absolute Gasteiger partial charge is 0.289 e. The van der Waals surface area contributed by atoms with Crippen molar-refractivity contribution in [3.8, 4) is 0 Å². The Hall–Kier alpha value is -2.67. The Labute approximate surface area is 183 Å². The van der Waals surface area contributed by atoms with Gasteiger partial charge >= 0.3 is 0 Å². The maximum atomic E-state index is 13.2. The van der Waals surface area contributed by atoms with E-state index in [1.54, 1.807) is 29.2 Å². The topological polar surface area (TPSA) is 57.0 Å². The standard InChI is InChI=1S/C24H32FN3O3/c1-2-3-4-7-23(29)27-15-12-26(13-16-27)14-17-28(24(30)22-6-5-18-31-22)19-20-8-10-21(25)11-9-20/h5-6,8-11,18H,2-4,7,12-17,19H2,1H3. The van der Waals surface area contributed by atoms with Crippen LogP contribution in [0.25, 0.3) is 0 Å². The van der Waals surface area contributed by atoms with E-state index < -0.39 is 0 Å². The first-order valence-electron chi connectivity index (χ1n) is 11.1. The number of unbranched alkanes of at least 4 members (excludes halogenated alkanes) is 2. The highest BCUT2D eigenvalue weighted by Crippen LogP contribution is 2.13. The summed E-state index contributed by atoms with van der Waals surface area (Å²) in [7, 11) is 0. The zero-order valence-corrected chi connectivity index (χ0v) is 18.3. The molecule has 168 valence electrons. The Bertz CT molecular complexity index is 815. The van der Waals surface area contributed by atoms with Crippen molar-refractivity contribution in [3.63, 3.8) is 0 Å². The fourth-order valence-electron chi connectivity index (χ4n) is 3.79. The summed E-state index contributed by atoms with van der Waals surface area (Å²) in [5, 5.41) is 0. The molecular formula is C24H32FN3O3. The van der Waals surface area contributed by atoms with E-state index >= 15 is 0 Å². The largest absolute Gasteiger partial charge is 0.459 e. The minimum atomic E-state index is -0.297. The lowest BCUT2D eigenvalue weighted by Crippen LogP contribution is -2.50. The van der Waals surface area contributed by atoms with Crippen molar-refractivity contribution < 1.29 is 18.4 Å². The lowest BCUT2D eigenvalue weighted by Gasteiger charge is -2.36. The minimum absolute atomic E-state index is 0.181. The molecule has 0 bridgehead atoms. The molecule has 0 aliphatic carbocycles. The van der Waals surface area contributed by atoms with Gasteiger partial charge in [0.2, 0.25) is 5.91 Å². The number of piperazine rings is 1. The molecule has 6 nitrogen and oxygen atoms in total. The van der Waals surface area contributed by atoms with E-state index in [1.165, 1.54) is 18.4 Å². The molecule has 1 aromatic heterocycles. The van der Waals surface area contributed by atoms with Crippen LogP contribution in [0.4, 0.5) is 4.39 Å². The summed E-state index contributed by atoms with van der Waals surface area (Å²) in [4.78, 5) is 31.2. The van der Waals surface area contributed by atoms with Crippen molar-refractivity contribution in [2.45, 2.75) is 39.2 Å². The van der Waals surface area contributed by atoms with Gasteiger partial charge in [-0.15, -0.1) is 0 Å². The molecule has 0 unspecified atom stereocenters. The van der Waals surface area contributed by atoms with Gasteiger partial charge in [-0.25, -0.2) is 4.39 Å². The summed E-state index contributed by atoms with van der Waals surface area (Å²) in [6.45, 7) is 6.84. The highest BCUT2D eigenvalue weighted by molar-refractivity contribution is 5.91. The van der Waals surface area contributed by atoms with Crippen LogP contribution in [-0.2, 0) is 11.3 Å². The number of furan rings is 1. The van der Waals surface area contributed by atoms with Gasteiger partial charge in [0.15, 0.2) is 5.76 Å². The molecule has 0 N–H and O–H groups in total. The number of rotatable bonds is 10. The molecule has 0 atom stereocenters. The average Bonchev–Trinajstić information content (AvgIpc) is 3.33. The summed E-state index contributed by atoms with van der Waals surface area (Å²) >= 11 is 0. The summed E-state index contributed by atoms with van der Waals surface area (Å²) < 4.78 is 18.5. The molecule has 0 saturated carbocycles. The van der Waals surface area contributed by atoms with Crippen LogP contribution in [0.1, 0.15) is 48.7 Å². The molecule has 1 aromatic carbocycles. The Morgan fingerprint density at radius 2 is 1.81 bits per heavy atom. The van der Waals surface area contributed by atoms with Crippen LogP contribution in [0.3, 0.4) is 0 Å². The predicted molar refractivity (Wildman–Crippen MR) is 117 cm³/mol. The van der Waals surface area contributed by atoms with Crippen molar-refractivity contribution in [3.05, 3.63) is 59.8 Å². The number of hydrogen-bond acceptors (Lipinski definition) is 4. The third-order valence-electron chi connectivity index (χ3n) is 5.71. The monoisotopic (exact) mass is 429 g/mol. The van der Waals surface area contributed by atoms with Crippen LogP contribution < -0.4 is 0 Å². The highest BCUT2D eigenvalue weighted by Gasteiger charge is 2.23. The third kappa shape index (κ3) is 6.92. The van der Waals surface area contributed by atoms with Crippen molar-refractivity contribution in [1.29, 1.82) is 0 Å². The van der Waals surface area contributed by atoms with Gasteiger partial charge in [-0.2, -0.15) is 0 Å². The lowest BCUT2D eigenvalue weighted by atomic mass is 10.2. The van der Waals surface area contributed by atoms with Crippen molar-refractivity contribution in [2.75, 3.05) is 39.3 Å². The minimum Gasteiger partial charge on any atom is -0.459 e. The van der Waals surface area contributed by atoms with Gasteiger partial charge in [0.05, 0.1) is 6.26 Å². The van der Waals surface area contributed by atoms with Crippen molar-refractivity contribution in [2.24, 2.45) is 0 Å². The van der Waals surface area contributed by atoms with E-state index in [0.717, 1.165) is 51.0 Å². The number of hydrogen-bond donors (Lipinski definition) is 0. The van der Waals surface area contributed by atoms with Crippen LogP contribution >= 0.6 is 0 Å². The molecule has 1 saturated heterocycles. The SMILES string of the molecule is CCCCCC(=O)N1CCN(CCN(Cc2ccc(F)cc2)C(=O)c2ccco2)CC1. The van der Waals surface area contributed by atoms with Gasteiger partial charge in [-0.05, 0) is 36.2 Å². The van der Waals surface area contributed by atoms with Crippen LogP contribution in [-0.4, -0.2) is 65.8 Å². The lowest BCUT2D eigenvalue weighted by molar-refractivity contribution is -0.133. The normalized spacial score (nSPS) is 14.6. The van der Waals surface area contributed by atoms with E-state index in [4.69, 9.17) is 4.42 Å². The Kier molecular flexibility index (Phi) is 8.64. The van der Waals surface area contributed by atoms with Gasteiger partial charge in [0.25, 0.3) is 5.91 Å². The van der Waals surface area contributed by atoms with Gasteiger partial charge < -0.3 is 14.2 Å².